The highest BCUT2D eigenvalue weighted by molar-refractivity contribution is 6.31. The monoisotopic (exact) mass is 1400 g/mol. The van der Waals surface area contributed by atoms with Gasteiger partial charge in [-0.2, -0.15) is 13.2 Å². The predicted molar refractivity (Wildman–Crippen MR) is 359 cm³/mol. The molecule has 29 heteroatoms. The normalized spacial score (nSPS) is 26.4. The van der Waals surface area contributed by atoms with Crippen LogP contribution in [0.3, 0.4) is 0 Å². The van der Waals surface area contributed by atoms with E-state index in [2.05, 4.69) is 16.0 Å². The largest absolute Gasteiger partial charge is 0.417 e. The predicted octanol–water partition coefficient (Wildman–Crippen LogP) is 4.22. The molecule has 3 saturated heterocycles. The minimum atomic E-state index is -4.77. The van der Waals surface area contributed by atoms with Gasteiger partial charge in [-0.1, -0.05) is 96.7 Å². The molecule has 548 valence electrons. The molecule has 0 unspecified atom stereocenters. The number of likely N-dealkylation sites (N-methyl/N-ethyl adjacent to an activating group) is 7. The lowest BCUT2D eigenvalue weighted by molar-refractivity contribution is -0.158. The van der Waals surface area contributed by atoms with E-state index in [1.807, 2.05) is 20.8 Å². The van der Waals surface area contributed by atoms with Gasteiger partial charge in [-0.25, -0.2) is 0 Å². The van der Waals surface area contributed by atoms with Gasteiger partial charge in [0.05, 0.1) is 42.7 Å². The van der Waals surface area contributed by atoms with E-state index in [-0.39, 0.29) is 75.3 Å². The number of hydrogen-bond donors (Lipinski definition) is 4. The van der Waals surface area contributed by atoms with Crippen LogP contribution in [-0.2, 0) is 70.1 Å². The summed E-state index contributed by atoms with van der Waals surface area (Å²) in [6, 6.07) is -6.42. The van der Waals surface area contributed by atoms with E-state index in [4.69, 9.17) is 11.6 Å². The lowest BCUT2D eigenvalue weighted by Gasteiger charge is -2.41. The third-order valence-electron chi connectivity index (χ3n) is 20.7. The number of aryl methyl sites for hydroxylation is 1. The lowest BCUT2D eigenvalue weighted by Crippen LogP contribution is -2.65. The first-order valence-corrected chi connectivity index (χ1v) is 35.2. The van der Waals surface area contributed by atoms with E-state index < -0.39 is 174 Å². The molecule has 1 aromatic carbocycles. The van der Waals surface area contributed by atoms with Gasteiger partial charge in [0.2, 0.25) is 70.9 Å². The van der Waals surface area contributed by atoms with E-state index >= 15 is 14.4 Å². The van der Waals surface area contributed by atoms with Crippen LogP contribution in [0.4, 0.5) is 13.2 Å². The zero-order valence-corrected chi connectivity index (χ0v) is 60.1. The average molecular weight is 1400 g/mol. The maximum absolute atomic E-state index is 15.3. The molecule has 0 aromatic heterocycles. The van der Waals surface area contributed by atoms with Gasteiger partial charge in [0.25, 0.3) is 0 Å². The number of amides is 12. The van der Waals surface area contributed by atoms with Gasteiger partial charge in [0.15, 0.2) is 0 Å². The molecule has 25 nitrogen and oxygen atoms in total. The molecule has 6 rings (SSSR count). The summed E-state index contributed by atoms with van der Waals surface area (Å²) in [7, 11) is 9.49. The highest BCUT2D eigenvalue weighted by Crippen LogP contribution is 2.37. The van der Waals surface area contributed by atoms with Gasteiger partial charge < -0.3 is 65.2 Å². The minimum Gasteiger partial charge on any atom is -0.391 e. The molecule has 4 N–H and O–H groups in total. The van der Waals surface area contributed by atoms with Crippen molar-refractivity contribution in [2.75, 3.05) is 88.6 Å². The molecule has 2 saturated carbocycles. The summed E-state index contributed by atoms with van der Waals surface area (Å²) in [5.41, 5.74) is -2.50. The summed E-state index contributed by atoms with van der Waals surface area (Å²) >= 11 is 6.13. The van der Waals surface area contributed by atoms with E-state index in [1.54, 1.807) is 11.8 Å². The second kappa shape index (κ2) is 35.3. The van der Waals surface area contributed by atoms with Gasteiger partial charge in [0.1, 0.15) is 47.8 Å². The molecule has 9 atom stereocenters. The Kier molecular flexibility index (Phi) is 28.8. The number of nitrogens with one attached hydrogen (secondary N) is 3. The Bertz CT molecular complexity index is 3050. The number of fused-ring (bicyclic) bond motifs is 1. The van der Waals surface area contributed by atoms with E-state index in [9.17, 15) is 61.4 Å². The lowest BCUT2D eigenvalue weighted by atomic mass is 9.84. The van der Waals surface area contributed by atoms with Crippen LogP contribution in [0.25, 0.3) is 0 Å². The molecular formula is C69H106ClF3N12O13. The number of benzene rings is 1. The minimum absolute atomic E-state index is 0.00170. The van der Waals surface area contributed by atoms with E-state index in [0.29, 0.717) is 45.2 Å². The van der Waals surface area contributed by atoms with Crippen molar-refractivity contribution in [3.63, 3.8) is 0 Å². The summed E-state index contributed by atoms with van der Waals surface area (Å²) in [4.78, 5) is 188. The SMILES string of the molecule is CC[C@H](C)[C@@H]1NC(=O)[C@H](CC(C)C)N(C)C(=O)C[C@@H](C(=O)N2CCCCC2)N(C)C(=O)[C@H]([C@@H](C)O)N(C)C(=O)C2(CCCC2)NC(=O)[C@@H]2CCCN2C(=O)[C@H](CCc2ccc(C(F)(F)F)c(Cl)c2)NC(=O)CN(C)C(=O)[C@H](CC2CCCCC2)N(C)C(=O)CN(C)C(=O)CN(C)C1=O. The summed E-state index contributed by atoms with van der Waals surface area (Å²) in [6.45, 7) is 7.41. The Morgan fingerprint density at radius 1 is 0.653 bits per heavy atom. The second-order valence-corrected chi connectivity index (χ2v) is 28.9. The molecule has 3 aliphatic heterocycles. The maximum Gasteiger partial charge on any atom is 0.417 e. The topological polar surface area (TPSA) is 290 Å². The number of halogens is 4. The Morgan fingerprint density at radius 3 is 1.85 bits per heavy atom. The molecule has 0 bridgehead atoms. The first-order valence-electron chi connectivity index (χ1n) is 34.9. The third-order valence-corrected chi connectivity index (χ3v) is 21.0. The molecule has 1 spiro atoms. The molecule has 5 fully saturated rings. The van der Waals surface area contributed by atoms with E-state index in [0.717, 1.165) is 75.2 Å². The Labute approximate surface area is 579 Å². The highest BCUT2D eigenvalue weighted by Gasteiger charge is 2.51. The van der Waals surface area contributed by atoms with Gasteiger partial charge in [-0.3, -0.25) is 57.5 Å². The van der Waals surface area contributed by atoms with Crippen LogP contribution in [0.2, 0.25) is 5.02 Å². The van der Waals surface area contributed by atoms with Crippen molar-refractivity contribution in [3.8, 4) is 0 Å². The number of hydrogen-bond acceptors (Lipinski definition) is 13. The van der Waals surface area contributed by atoms with Crippen molar-refractivity contribution in [3.05, 3.63) is 34.3 Å². The van der Waals surface area contributed by atoms with Crippen LogP contribution in [0.1, 0.15) is 168 Å². The third kappa shape index (κ3) is 20.1. The number of aliphatic hydroxyl groups is 1. The van der Waals surface area contributed by atoms with Crippen LogP contribution in [0, 0.1) is 17.8 Å². The summed E-state index contributed by atoms with van der Waals surface area (Å²) in [5, 5.41) is 19.5. The number of aliphatic hydroxyl groups excluding tert-OH is 1. The molecule has 12 amide bonds. The van der Waals surface area contributed by atoms with Crippen molar-refractivity contribution >= 4 is 82.5 Å². The van der Waals surface area contributed by atoms with Gasteiger partial charge in [-0.15, -0.1) is 0 Å². The zero-order chi connectivity index (χ0) is 72.8. The Balaban J connectivity index is 1.42. The molecule has 0 radical (unpaired) electrons. The summed E-state index contributed by atoms with van der Waals surface area (Å²) in [5.74, 6) is -9.36. The van der Waals surface area contributed by atoms with Crippen molar-refractivity contribution in [1.82, 2.24) is 60.0 Å². The van der Waals surface area contributed by atoms with Crippen LogP contribution < -0.4 is 16.0 Å². The number of likely N-dealkylation sites (tertiary alicyclic amines) is 1. The number of carbonyl (C=O) groups excluding carboxylic acids is 12. The van der Waals surface area contributed by atoms with Crippen LogP contribution >= 0.6 is 11.6 Å². The number of nitrogens with zero attached hydrogens (tertiary/aromatic N) is 9. The van der Waals surface area contributed by atoms with Crippen molar-refractivity contribution in [1.29, 1.82) is 0 Å². The first-order chi connectivity index (χ1) is 46.0. The standard InChI is InChI=1S/C69H106ClF3N12O13/c1-13-43(4)58-65(96)79(8)40-56(89)77(6)41-57(90)81(10)52(37-45-23-16-14-17-24-45)63(94)78(7)39-54(87)74-49(29-27-46-26-28-47(48(70)36-46)69(71,72)73)62(93)85-34-22-25-50(85)61(92)76-68(30-18-19-31-68)67(98)83(12)59(44(5)86)66(97)82(11)53(64(95)84-32-20-15-21-33-84)38-55(88)80(9)51(35-42(2)3)60(91)75-58/h26,28,36,42-45,49-53,58-59,86H,13-25,27,29-35,37-41H2,1-12H3,(H,74,87)(H,75,91)(H,76,92)/t43-,44+,49-,50-,51-,52-,53-,58-,59-/m0/s1. The molecular weight excluding hydrogens is 1300 g/mol. The van der Waals surface area contributed by atoms with Crippen molar-refractivity contribution in [2.24, 2.45) is 17.8 Å². The van der Waals surface area contributed by atoms with Crippen molar-refractivity contribution < 1.29 is 75.8 Å². The summed E-state index contributed by atoms with van der Waals surface area (Å²) < 4.78 is 41.5. The van der Waals surface area contributed by atoms with E-state index in [1.165, 1.54) is 77.0 Å². The fourth-order valence-electron chi connectivity index (χ4n) is 14.4. The van der Waals surface area contributed by atoms with Crippen LogP contribution in [0.5, 0.6) is 0 Å². The van der Waals surface area contributed by atoms with Gasteiger partial charge in [-0.05, 0) is 113 Å². The highest BCUT2D eigenvalue weighted by atomic mass is 35.5. The fourth-order valence-corrected chi connectivity index (χ4v) is 14.7. The van der Waals surface area contributed by atoms with Crippen molar-refractivity contribution in [2.45, 2.75) is 223 Å². The number of piperidine rings is 1. The maximum atomic E-state index is 15.3. The summed E-state index contributed by atoms with van der Waals surface area (Å²) in [6.07, 6.45) is 1.15. The Morgan fingerprint density at radius 2 is 1.26 bits per heavy atom. The van der Waals surface area contributed by atoms with Gasteiger partial charge >= 0.3 is 6.18 Å². The number of rotatable bonds is 11. The van der Waals surface area contributed by atoms with Crippen LogP contribution in [0.15, 0.2) is 18.2 Å². The second-order valence-electron chi connectivity index (χ2n) is 28.5. The number of carbonyl (C=O) groups is 12. The first kappa shape index (κ1) is 79.9. The molecule has 5 aliphatic rings. The van der Waals surface area contributed by atoms with Gasteiger partial charge in [0, 0.05) is 69.0 Å². The average Bonchev–Trinajstić information content (AvgIpc) is 1.30. The molecule has 2 aliphatic carbocycles. The number of alkyl halides is 3. The van der Waals surface area contributed by atoms with Crippen LogP contribution in [-0.4, -0.2) is 263 Å². The fraction of sp³-hybridized carbons (Fsp3) is 0.739. The Hall–Kier alpha value is -7.10. The smallest absolute Gasteiger partial charge is 0.391 e. The molecule has 1 aromatic rings. The quantitative estimate of drug-likeness (QED) is 0.242. The molecule has 98 heavy (non-hydrogen) atoms. The zero-order valence-electron chi connectivity index (χ0n) is 59.4. The molecule has 3 heterocycles.